The van der Waals surface area contributed by atoms with Gasteiger partial charge in [0.25, 0.3) is 0 Å². The third kappa shape index (κ3) is 2.86. The van der Waals surface area contributed by atoms with Crippen LogP contribution in [0.2, 0.25) is 0 Å². The van der Waals surface area contributed by atoms with Gasteiger partial charge in [0.15, 0.2) is 0 Å². The number of hydrogen-bond donors (Lipinski definition) is 0. The second-order valence-electron chi connectivity index (χ2n) is 5.40. The molecule has 1 aliphatic rings. The first-order chi connectivity index (χ1) is 11.7. The fourth-order valence-corrected chi connectivity index (χ4v) is 2.96. The van der Waals surface area contributed by atoms with E-state index in [1.807, 2.05) is 36.4 Å². The quantitative estimate of drug-likeness (QED) is 0.858. The zero-order valence-electron chi connectivity index (χ0n) is 14.4. The molecule has 0 aromatic heterocycles. The van der Waals surface area contributed by atoms with Crippen molar-refractivity contribution < 1.29 is 19.1 Å². The molecule has 2 aromatic rings. The number of hydrazine groups is 1. The lowest BCUT2D eigenvalue weighted by Crippen LogP contribution is -2.43. The number of methoxy groups -OCH3 is 2. The summed E-state index contributed by atoms with van der Waals surface area (Å²) in [7, 11) is 6.57. The fraction of sp³-hybridized carbons (Fsp3) is 0.333. The van der Waals surface area contributed by atoms with Crippen LogP contribution in [0.3, 0.4) is 0 Å². The second kappa shape index (κ2) is 6.98. The maximum atomic E-state index is 5.61. The van der Waals surface area contributed by atoms with Crippen LogP contribution < -0.4 is 19.8 Å². The van der Waals surface area contributed by atoms with Crippen LogP contribution in [0, 0.1) is 0 Å². The van der Waals surface area contributed by atoms with Gasteiger partial charge >= 0.3 is 0 Å². The minimum Gasteiger partial charge on any atom is -0.497 e. The number of anilines is 2. The number of ether oxygens (including phenoxy) is 2. The van der Waals surface area contributed by atoms with Crippen molar-refractivity contribution in [1.82, 2.24) is 0 Å². The Morgan fingerprint density at radius 1 is 0.667 bits per heavy atom. The summed E-state index contributed by atoms with van der Waals surface area (Å²) in [5.74, 6) is 1.64. The van der Waals surface area contributed by atoms with Gasteiger partial charge in [0.2, 0.25) is 0 Å². The Labute approximate surface area is 142 Å². The van der Waals surface area contributed by atoms with Crippen molar-refractivity contribution >= 4 is 11.4 Å². The molecule has 0 radical (unpaired) electrons. The molecule has 0 saturated carbocycles. The molecule has 0 bridgehead atoms. The number of fused-ring (bicyclic) bond motifs is 2. The molecule has 0 saturated heterocycles. The van der Waals surface area contributed by atoms with Crippen molar-refractivity contribution in [3.8, 4) is 11.5 Å². The van der Waals surface area contributed by atoms with Gasteiger partial charge in [-0.3, -0.25) is 9.68 Å². The molecule has 0 atom stereocenters. The van der Waals surface area contributed by atoms with E-state index < -0.39 is 0 Å². The molecule has 1 heterocycles. The summed E-state index contributed by atoms with van der Waals surface area (Å²) in [6.45, 7) is 0. The monoisotopic (exact) mass is 330 g/mol. The van der Waals surface area contributed by atoms with Gasteiger partial charge in [0, 0.05) is 0 Å². The minimum absolute atomic E-state index is 0.820. The zero-order valence-corrected chi connectivity index (χ0v) is 14.4. The van der Waals surface area contributed by atoms with Crippen molar-refractivity contribution in [1.29, 1.82) is 0 Å². The fourth-order valence-electron chi connectivity index (χ4n) is 2.96. The molecule has 0 N–H and O–H groups in total. The molecule has 0 amide bonds. The molecule has 0 unspecified atom stereocenters. The topological polar surface area (TPSA) is 43.4 Å². The number of rotatable bonds is 4. The summed E-state index contributed by atoms with van der Waals surface area (Å²) < 4.78 is 10.7. The highest BCUT2D eigenvalue weighted by Gasteiger charge is 2.26. The molecule has 0 aliphatic carbocycles. The van der Waals surface area contributed by atoms with E-state index in [1.54, 1.807) is 38.8 Å². The maximum absolute atomic E-state index is 5.61. The summed E-state index contributed by atoms with van der Waals surface area (Å²) in [6.07, 6.45) is 1.70. The van der Waals surface area contributed by atoms with Crippen LogP contribution in [0.5, 0.6) is 11.5 Å². The third-order valence-electron chi connectivity index (χ3n) is 4.16. The van der Waals surface area contributed by atoms with Crippen molar-refractivity contribution in [2.75, 3.05) is 38.8 Å². The molecule has 24 heavy (non-hydrogen) atoms. The van der Waals surface area contributed by atoms with Crippen LogP contribution in [0.4, 0.5) is 11.4 Å². The molecule has 3 rings (SSSR count). The first-order valence-electron chi connectivity index (χ1n) is 7.74. The molecular weight excluding hydrogens is 308 g/mol. The largest absolute Gasteiger partial charge is 0.497 e. The highest BCUT2D eigenvalue weighted by Crippen LogP contribution is 2.36. The molecule has 0 fully saturated rings. The number of hydrogen-bond acceptors (Lipinski definition) is 6. The van der Waals surface area contributed by atoms with E-state index in [0.717, 1.165) is 46.8 Å². The van der Waals surface area contributed by atoms with E-state index in [0.29, 0.717) is 0 Å². The van der Waals surface area contributed by atoms with Gasteiger partial charge < -0.3 is 9.47 Å². The van der Waals surface area contributed by atoms with E-state index in [1.165, 1.54) is 0 Å². The van der Waals surface area contributed by atoms with Gasteiger partial charge in [-0.05, 0) is 60.4 Å². The third-order valence-corrected chi connectivity index (χ3v) is 4.16. The van der Waals surface area contributed by atoms with Gasteiger partial charge in [-0.15, -0.1) is 10.3 Å². The average molecular weight is 330 g/mol. The highest BCUT2D eigenvalue weighted by molar-refractivity contribution is 5.64. The highest BCUT2D eigenvalue weighted by atomic mass is 16.8. The van der Waals surface area contributed by atoms with Crippen LogP contribution in [0.1, 0.15) is 11.1 Å². The molecule has 0 spiro atoms. The van der Waals surface area contributed by atoms with Crippen LogP contribution in [0.25, 0.3) is 0 Å². The van der Waals surface area contributed by atoms with E-state index in [4.69, 9.17) is 19.1 Å². The van der Waals surface area contributed by atoms with Crippen molar-refractivity contribution in [3.63, 3.8) is 0 Å². The van der Waals surface area contributed by atoms with Gasteiger partial charge in [0.05, 0.1) is 39.8 Å². The van der Waals surface area contributed by atoms with Crippen LogP contribution >= 0.6 is 0 Å². The Kier molecular flexibility index (Phi) is 4.78. The summed E-state index contributed by atoms with van der Waals surface area (Å²) in [4.78, 5) is 11.2. The van der Waals surface area contributed by atoms with Crippen molar-refractivity contribution in [3.05, 3.63) is 47.5 Å². The maximum Gasteiger partial charge on any atom is 0.119 e. The van der Waals surface area contributed by atoms with Crippen LogP contribution in [-0.4, -0.2) is 28.4 Å². The van der Waals surface area contributed by atoms with E-state index in [-0.39, 0.29) is 0 Å². The molecular formula is C18H22N2O4. The Balaban J connectivity index is 2.12. The molecule has 1 aliphatic heterocycles. The van der Waals surface area contributed by atoms with Crippen molar-refractivity contribution in [2.24, 2.45) is 0 Å². The summed E-state index contributed by atoms with van der Waals surface area (Å²) in [5.41, 5.74) is 4.07. The van der Waals surface area contributed by atoms with Gasteiger partial charge in [-0.1, -0.05) is 0 Å². The van der Waals surface area contributed by atoms with E-state index in [2.05, 4.69) is 0 Å². The predicted molar refractivity (Wildman–Crippen MR) is 92.4 cm³/mol. The predicted octanol–water partition coefficient (Wildman–Crippen LogP) is 3.15. The van der Waals surface area contributed by atoms with Crippen molar-refractivity contribution in [2.45, 2.75) is 12.8 Å². The van der Waals surface area contributed by atoms with Gasteiger partial charge in [0.1, 0.15) is 11.5 Å². The zero-order chi connectivity index (χ0) is 17.1. The SMILES string of the molecule is COc1ccc2c(c1)CCc1cc(OC)ccc1N(OC)N2OC. The standard InChI is InChI=1S/C18H22N2O4/c1-21-15-7-9-17-13(11-15)5-6-14-12-16(22-2)8-10-18(14)20(24-4)19(17)23-3/h7-12H,5-6H2,1-4H3. The van der Waals surface area contributed by atoms with E-state index in [9.17, 15) is 0 Å². The minimum atomic E-state index is 0.820. The normalized spacial score (nSPS) is 13.7. The first kappa shape index (κ1) is 16.4. The Morgan fingerprint density at radius 3 is 1.42 bits per heavy atom. The number of nitrogens with zero attached hydrogens (tertiary/aromatic N) is 2. The Bertz CT molecular complexity index is 659. The second-order valence-corrected chi connectivity index (χ2v) is 5.40. The van der Waals surface area contributed by atoms with Crippen LogP contribution in [0.15, 0.2) is 36.4 Å². The van der Waals surface area contributed by atoms with E-state index >= 15 is 0 Å². The lowest BCUT2D eigenvalue weighted by Gasteiger charge is -2.36. The summed E-state index contributed by atoms with van der Waals surface area (Å²) in [5, 5.41) is 3.28. The molecule has 128 valence electrons. The molecule has 6 nitrogen and oxygen atoms in total. The first-order valence-corrected chi connectivity index (χ1v) is 7.74. The van der Waals surface area contributed by atoms with Gasteiger partial charge in [-0.25, -0.2) is 0 Å². The smallest absolute Gasteiger partial charge is 0.119 e. The Hall–Kier alpha value is -2.44. The molecule has 2 aromatic carbocycles. The Morgan fingerprint density at radius 2 is 1.08 bits per heavy atom. The number of aryl methyl sites for hydroxylation is 2. The lowest BCUT2D eigenvalue weighted by molar-refractivity contribution is 0.0459. The lowest BCUT2D eigenvalue weighted by atomic mass is 10.00. The van der Waals surface area contributed by atoms with Gasteiger partial charge in [-0.2, -0.15) is 0 Å². The van der Waals surface area contributed by atoms with Crippen LogP contribution in [-0.2, 0) is 22.5 Å². The average Bonchev–Trinajstić information content (AvgIpc) is 2.63. The summed E-state index contributed by atoms with van der Waals surface area (Å²) >= 11 is 0. The molecule has 6 heteroatoms. The number of benzene rings is 2. The summed E-state index contributed by atoms with van der Waals surface area (Å²) in [6, 6.07) is 11.8.